The fourth-order valence-corrected chi connectivity index (χ4v) is 1.35. The van der Waals surface area contributed by atoms with E-state index in [0.29, 0.717) is 6.07 Å². The molecule has 0 unspecified atom stereocenters. The van der Waals surface area contributed by atoms with Crippen LogP contribution in [-0.2, 0) is 13.2 Å². The van der Waals surface area contributed by atoms with Crippen molar-refractivity contribution < 1.29 is 13.2 Å². The molecule has 2 rings (SSSR count). The van der Waals surface area contributed by atoms with Gasteiger partial charge in [0, 0.05) is 19.3 Å². The van der Waals surface area contributed by atoms with Gasteiger partial charge in [0.2, 0.25) is 0 Å². The van der Waals surface area contributed by atoms with Crippen LogP contribution in [0.1, 0.15) is 5.69 Å². The molecule has 0 aliphatic carbocycles. The highest BCUT2D eigenvalue weighted by Crippen LogP contribution is 2.26. The Balaban J connectivity index is 2.88. The fraction of sp³-hybridized carbons (Fsp3) is 0.222. The molecule has 2 heterocycles. The molecule has 90 valence electrons. The Kier molecular flexibility index (Phi) is 2.30. The molecular weight excluding hydrogens is 239 g/mol. The first-order valence-electron chi connectivity index (χ1n) is 4.47. The molecule has 8 heteroatoms. The minimum Gasteiger partial charge on any atom is -0.335 e. The maximum Gasteiger partial charge on any atom is 0.431 e. The first-order valence-corrected chi connectivity index (χ1v) is 4.47. The summed E-state index contributed by atoms with van der Waals surface area (Å²) in [7, 11) is 1.35. The molecular formula is C9H6F3N3O2. The van der Waals surface area contributed by atoms with E-state index in [9.17, 15) is 22.8 Å². The molecule has 0 aliphatic rings. The molecule has 0 aromatic carbocycles. The van der Waals surface area contributed by atoms with Gasteiger partial charge in [0.25, 0.3) is 0 Å². The van der Waals surface area contributed by atoms with Crippen molar-refractivity contribution >= 4 is 11.0 Å². The number of fused-ring (bicyclic) bond motifs is 1. The smallest absolute Gasteiger partial charge is 0.335 e. The Bertz CT molecular complexity index is 699. The summed E-state index contributed by atoms with van der Waals surface area (Å²) in [5, 5.41) is -0.0694. The van der Waals surface area contributed by atoms with Crippen molar-refractivity contribution in [2.24, 2.45) is 7.05 Å². The number of aromatic nitrogens is 3. The molecule has 0 saturated carbocycles. The molecule has 5 nitrogen and oxygen atoms in total. The van der Waals surface area contributed by atoms with Gasteiger partial charge in [-0.1, -0.05) is 0 Å². The van der Waals surface area contributed by atoms with E-state index in [0.717, 1.165) is 10.8 Å². The van der Waals surface area contributed by atoms with Gasteiger partial charge >= 0.3 is 11.9 Å². The van der Waals surface area contributed by atoms with Gasteiger partial charge in [0.15, 0.2) is 5.43 Å². The number of alkyl halides is 3. The quantitative estimate of drug-likeness (QED) is 0.740. The van der Waals surface area contributed by atoms with E-state index in [1.807, 2.05) is 4.98 Å². The van der Waals surface area contributed by atoms with Crippen molar-refractivity contribution in [2.75, 3.05) is 0 Å². The van der Waals surface area contributed by atoms with Crippen molar-refractivity contribution in [3.63, 3.8) is 0 Å². The summed E-state index contributed by atoms with van der Waals surface area (Å²) in [6, 6.07) is 0.439. The lowest BCUT2D eigenvalue weighted by molar-refractivity contribution is -0.141. The molecule has 0 fully saturated rings. The van der Waals surface area contributed by atoms with Crippen LogP contribution in [0.5, 0.6) is 0 Å². The molecule has 0 atom stereocenters. The molecule has 0 aliphatic heterocycles. The highest BCUT2D eigenvalue weighted by molar-refractivity contribution is 5.73. The number of H-pyrrole nitrogens is 1. The third-order valence-electron chi connectivity index (χ3n) is 2.19. The van der Waals surface area contributed by atoms with Crippen LogP contribution in [-0.4, -0.2) is 14.5 Å². The third kappa shape index (κ3) is 1.93. The second-order valence-corrected chi connectivity index (χ2v) is 3.44. The SMILES string of the molecule is Cn1cc2c(=O)cc(C(F)(F)F)[nH]c2nc1=O. The summed E-state index contributed by atoms with van der Waals surface area (Å²) < 4.78 is 38.2. The van der Waals surface area contributed by atoms with Crippen LogP contribution in [0.15, 0.2) is 21.9 Å². The van der Waals surface area contributed by atoms with Gasteiger partial charge in [0.1, 0.15) is 11.3 Å². The monoisotopic (exact) mass is 245 g/mol. The van der Waals surface area contributed by atoms with Gasteiger partial charge in [0.05, 0.1) is 5.39 Å². The van der Waals surface area contributed by atoms with Crippen LogP contribution in [0, 0.1) is 0 Å². The molecule has 0 bridgehead atoms. The Hall–Kier alpha value is -2.12. The Morgan fingerprint density at radius 3 is 2.59 bits per heavy atom. The summed E-state index contributed by atoms with van der Waals surface area (Å²) >= 11 is 0. The average molecular weight is 245 g/mol. The van der Waals surface area contributed by atoms with Crippen molar-refractivity contribution in [3.05, 3.63) is 38.7 Å². The van der Waals surface area contributed by atoms with Crippen molar-refractivity contribution in [3.8, 4) is 0 Å². The molecule has 0 spiro atoms. The summed E-state index contributed by atoms with van der Waals surface area (Å²) in [4.78, 5) is 27.9. The van der Waals surface area contributed by atoms with E-state index in [2.05, 4.69) is 4.98 Å². The largest absolute Gasteiger partial charge is 0.431 e. The molecule has 1 N–H and O–H groups in total. The van der Waals surface area contributed by atoms with Crippen LogP contribution in [0.2, 0.25) is 0 Å². The van der Waals surface area contributed by atoms with E-state index in [1.165, 1.54) is 7.05 Å². The first kappa shape index (κ1) is 11.4. The van der Waals surface area contributed by atoms with E-state index in [1.54, 1.807) is 0 Å². The highest BCUT2D eigenvalue weighted by Gasteiger charge is 2.32. The van der Waals surface area contributed by atoms with Crippen LogP contribution < -0.4 is 11.1 Å². The lowest BCUT2D eigenvalue weighted by Gasteiger charge is -2.07. The maximum atomic E-state index is 12.4. The van der Waals surface area contributed by atoms with E-state index >= 15 is 0 Å². The minimum absolute atomic E-state index is 0.0694. The Morgan fingerprint density at radius 2 is 2.00 bits per heavy atom. The number of halogens is 3. The van der Waals surface area contributed by atoms with Crippen molar-refractivity contribution in [1.29, 1.82) is 0 Å². The second-order valence-electron chi connectivity index (χ2n) is 3.44. The number of nitrogens with one attached hydrogen (secondary N) is 1. The number of nitrogens with zero attached hydrogens (tertiary/aromatic N) is 2. The lowest BCUT2D eigenvalue weighted by atomic mass is 10.2. The molecule has 2 aromatic rings. The number of rotatable bonds is 0. The summed E-state index contributed by atoms with van der Waals surface area (Å²) in [6.07, 6.45) is -3.54. The molecule has 0 amide bonds. The van der Waals surface area contributed by atoms with Gasteiger partial charge in [-0.15, -0.1) is 0 Å². The van der Waals surface area contributed by atoms with Gasteiger partial charge < -0.3 is 9.55 Å². The van der Waals surface area contributed by atoms with E-state index in [-0.39, 0.29) is 11.0 Å². The van der Waals surface area contributed by atoms with Gasteiger partial charge in [-0.25, -0.2) is 4.79 Å². The van der Waals surface area contributed by atoms with Crippen molar-refractivity contribution in [1.82, 2.24) is 14.5 Å². The van der Waals surface area contributed by atoms with Crippen molar-refractivity contribution in [2.45, 2.75) is 6.18 Å². The Labute approximate surface area is 91.5 Å². The summed E-state index contributed by atoms with van der Waals surface area (Å²) in [6.45, 7) is 0. The molecule has 0 saturated heterocycles. The number of hydrogen-bond donors (Lipinski definition) is 1. The summed E-state index contributed by atoms with van der Waals surface area (Å²) in [5.74, 6) is 0. The average Bonchev–Trinajstić information content (AvgIpc) is 2.19. The number of pyridine rings is 1. The predicted octanol–water partition coefficient (Wildman–Crippen LogP) is 0.641. The molecule has 2 aromatic heterocycles. The number of aromatic amines is 1. The molecule has 0 radical (unpaired) electrons. The molecule has 17 heavy (non-hydrogen) atoms. The van der Waals surface area contributed by atoms with Gasteiger partial charge in [-0.2, -0.15) is 18.2 Å². The summed E-state index contributed by atoms with van der Waals surface area (Å²) in [5.41, 5.74) is -3.18. The highest BCUT2D eigenvalue weighted by atomic mass is 19.4. The number of hydrogen-bond acceptors (Lipinski definition) is 3. The standard InChI is InChI=1S/C9H6F3N3O2/c1-15-3-4-5(16)2-6(9(10,11)12)13-7(4)14-8(15)17/h2-3H,1H3,(H,13,14,17). The zero-order chi connectivity index (χ0) is 12.8. The third-order valence-corrected chi connectivity index (χ3v) is 2.19. The minimum atomic E-state index is -4.68. The zero-order valence-electron chi connectivity index (χ0n) is 8.50. The normalized spacial score (nSPS) is 12.0. The van der Waals surface area contributed by atoms with Crippen LogP contribution >= 0.6 is 0 Å². The van der Waals surface area contributed by atoms with Gasteiger partial charge in [-0.3, -0.25) is 4.79 Å². The van der Waals surface area contributed by atoms with Gasteiger partial charge in [-0.05, 0) is 0 Å². The predicted molar refractivity (Wildman–Crippen MR) is 52.6 cm³/mol. The van der Waals surface area contributed by atoms with E-state index in [4.69, 9.17) is 0 Å². The Morgan fingerprint density at radius 1 is 1.35 bits per heavy atom. The zero-order valence-corrected chi connectivity index (χ0v) is 8.50. The number of aryl methyl sites for hydroxylation is 1. The first-order chi connectivity index (χ1) is 7.79. The van der Waals surface area contributed by atoms with Crippen LogP contribution in [0.4, 0.5) is 13.2 Å². The van der Waals surface area contributed by atoms with Crippen LogP contribution in [0.25, 0.3) is 11.0 Å². The van der Waals surface area contributed by atoms with E-state index < -0.39 is 23.0 Å². The lowest BCUT2D eigenvalue weighted by Crippen LogP contribution is -2.23. The topological polar surface area (TPSA) is 67.8 Å². The maximum absolute atomic E-state index is 12.4. The van der Waals surface area contributed by atoms with Crippen LogP contribution in [0.3, 0.4) is 0 Å². The second kappa shape index (κ2) is 3.44. The fourth-order valence-electron chi connectivity index (χ4n) is 1.35.